The maximum absolute atomic E-state index is 12.2. The van der Waals surface area contributed by atoms with Gasteiger partial charge in [-0.15, -0.1) is 10.2 Å². The molecule has 1 aromatic heterocycles. The van der Waals surface area contributed by atoms with Gasteiger partial charge in [0.1, 0.15) is 18.4 Å². The van der Waals surface area contributed by atoms with Crippen LogP contribution < -0.4 is 10.1 Å². The molecule has 6 nitrogen and oxygen atoms in total. The molecule has 0 spiro atoms. The predicted molar refractivity (Wildman–Crippen MR) is 86.7 cm³/mol. The van der Waals surface area contributed by atoms with E-state index in [1.54, 1.807) is 24.3 Å². The summed E-state index contributed by atoms with van der Waals surface area (Å²) < 4.78 is 6.88. The number of ether oxygens (including phenoxy) is 1. The highest BCUT2D eigenvalue weighted by Gasteiger charge is 2.06. The Morgan fingerprint density at radius 2 is 1.87 bits per heavy atom. The van der Waals surface area contributed by atoms with Crippen molar-refractivity contribution in [2.75, 3.05) is 12.4 Å². The molecule has 0 saturated carbocycles. The summed E-state index contributed by atoms with van der Waals surface area (Å²) in [4.78, 5) is 12.2. The molecule has 1 N–H and O–H groups in total. The third kappa shape index (κ3) is 3.74. The van der Waals surface area contributed by atoms with Crippen molar-refractivity contribution in [2.45, 2.75) is 6.42 Å². The molecule has 0 aliphatic heterocycles. The van der Waals surface area contributed by atoms with E-state index < -0.39 is 0 Å². The van der Waals surface area contributed by atoms with Gasteiger partial charge in [-0.3, -0.25) is 9.36 Å². The highest BCUT2D eigenvalue weighted by molar-refractivity contribution is 5.92. The summed E-state index contributed by atoms with van der Waals surface area (Å²) in [6, 6.07) is 15.0. The van der Waals surface area contributed by atoms with E-state index in [0.29, 0.717) is 6.42 Å². The lowest BCUT2D eigenvalue weighted by Gasteiger charge is -2.08. The van der Waals surface area contributed by atoms with Crippen LogP contribution in [0.2, 0.25) is 0 Å². The van der Waals surface area contributed by atoms with Crippen molar-refractivity contribution in [3.8, 4) is 11.4 Å². The Bertz CT molecular complexity index is 783. The van der Waals surface area contributed by atoms with Crippen molar-refractivity contribution < 1.29 is 9.53 Å². The average Bonchev–Trinajstić information content (AvgIpc) is 3.10. The summed E-state index contributed by atoms with van der Waals surface area (Å²) in [6.45, 7) is 0. The largest absolute Gasteiger partial charge is 0.497 e. The van der Waals surface area contributed by atoms with Crippen LogP contribution in [0.3, 0.4) is 0 Å². The molecule has 0 aliphatic rings. The van der Waals surface area contributed by atoms with Gasteiger partial charge in [0.15, 0.2) is 0 Å². The van der Waals surface area contributed by atoms with E-state index in [1.807, 2.05) is 48.5 Å². The lowest BCUT2D eigenvalue weighted by Crippen LogP contribution is -2.14. The van der Waals surface area contributed by atoms with E-state index in [0.717, 1.165) is 22.7 Å². The van der Waals surface area contributed by atoms with Gasteiger partial charge < -0.3 is 10.1 Å². The Morgan fingerprint density at radius 3 is 2.57 bits per heavy atom. The second-order valence-corrected chi connectivity index (χ2v) is 4.99. The van der Waals surface area contributed by atoms with Gasteiger partial charge in [-0.05, 0) is 35.9 Å². The van der Waals surface area contributed by atoms with E-state index in [1.165, 1.54) is 0 Å². The molecule has 3 rings (SSSR count). The van der Waals surface area contributed by atoms with Crippen LogP contribution in [0, 0.1) is 0 Å². The van der Waals surface area contributed by atoms with E-state index in [2.05, 4.69) is 15.5 Å². The van der Waals surface area contributed by atoms with Crippen LogP contribution in [0.5, 0.6) is 5.75 Å². The standard InChI is InChI=1S/C17H16N4O2/c1-23-16-7-5-13(6-8-16)9-17(22)20-14-3-2-4-15(10-14)21-11-18-19-12-21/h2-8,10-12H,9H2,1H3,(H,20,22). The minimum atomic E-state index is -0.0731. The summed E-state index contributed by atoms with van der Waals surface area (Å²) >= 11 is 0. The number of hydrogen-bond acceptors (Lipinski definition) is 4. The van der Waals surface area contributed by atoms with E-state index in [9.17, 15) is 4.79 Å². The molecule has 23 heavy (non-hydrogen) atoms. The SMILES string of the molecule is COc1ccc(CC(=O)Nc2cccc(-n3cnnc3)c2)cc1. The van der Waals surface area contributed by atoms with Gasteiger partial charge in [0, 0.05) is 5.69 Å². The molecule has 1 amide bonds. The monoisotopic (exact) mass is 308 g/mol. The van der Waals surface area contributed by atoms with Gasteiger partial charge in [0.05, 0.1) is 19.2 Å². The fraction of sp³-hybridized carbons (Fsp3) is 0.118. The van der Waals surface area contributed by atoms with Crippen LogP contribution in [0.25, 0.3) is 5.69 Å². The number of amides is 1. The highest BCUT2D eigenvalue weighted by Crippen LogP contribution is 2.15. The summed E-state index contributed by atoms with van der Waals surface area (Å²) in [5.41, 5.74) is 2.55. The maximum atomic E-state index is 12.2. The Labute approximate surface area is 133 Å². The summed E-state index contributed by atoms with van der Waals surface area (Å²) in [5.74, 6) is 0.701. The van der Waals surface area contributed by atoms with Gasteiger partial charge in [-0.25, -0.2) is 0 Å². The molecule has 0 fully saturated rings. The third-order valence-electron chi connectivity index (χ3n) is 3.37. The summed E-state index contributed by atoms with van der Waals surface area (Å²) in [7, 11) is 1.62. The van der Waals surface area contributed by atoms with Crippen molar-refractivity contribution in [3.05, 3.63) is 66.7 Å². The first kappa shape index (κ1) is 14.8. The first-order valence-electron chi connectivity index (χ1n) is 7.12. The predicted octanol–water partition coefficient (Wildman–Crippen LogP) is 2.46. The van der Waals surface area contributed by atoms with Crippen LogP contribution in [0.15, 0.2) is 61.2 Å². The van der Waals surface area contributed by atoms with Crippen molar-refractivity contribution in [3.63, 3.8) is 0 Å². The molecule has 3 aromatic rings. The second-order valence-electron chi connectivity index (χ2n) is 4.99. The highest BCUT2D eigenvalue weighted by atomic mass is 16.5. The van der Waals surface area contributed by atoms with Crippen molar-refractivity contribution >= 4 is 11.6 Å². The zero-order valence-corrected chi connectivity index (χ0v) is 12.6. The molecule has 2 aromatic carbocycles. The van der Waals surface area contributed by atoms with E-state index in [4.69, 9.17) is 4.74 Å². The normalized spacial score (nSPS) is 10.3. The number of methoxy groups -OCH3 is 1. The number of rotatable bonds is 5. The van der Waals surface area contributed by atoms with Crippen molar-refractivity contribution in [1.82, 2.24) is 14.8 Å². The zero-order valence-electron chi connectivity index (χ0n) is 12.6. The quantitative estimate of drug-likeness (QED) is 0.786. The molecule has 0 bridgehead atoms. The van der Waals surface area contributed by atoms with Crippen LogP contribution in [0.1, 0.15) is 5.56 Å². The van der Waals surface area contributed by atoms with Crippen LogP contribution >= 0.6 is 0 Å². The summed E-state index contributed by atoms with van der Waals surface area (Å²) in [6.07, 6.45) is 3.53. The molecule has 0 unspecified atom stereocenters. The Balaban J connectivity index is 1.66. The first-order chi connectivity index (χ1) is 11.2. The molecule has 0 saturated heterocycles. The molecule has 0 atom stereocenters. The van der Waals surface area contributed by atoms with Crippen LogP contribution in [0.4, 0.5) is 5.69 Å². The number of anilines is 1. The molecular formula is C17H16N4O2. The van der Waals surface area contributed by atoms with Gasteiger partial charge in [-0.2, -0.15) is 0 Å². The average molecular weight is 308 g/mol. The van der Waals surface area contributed by atoms with E-state index in [-0.39, 0.29) is 5.91 Å². The molecule has 116 valence electrons. The fourth-order valence-electron chi connectivity index (χ4n) is 2.21. The number of aromatic nitrogens is 3. The molecule has 0 aliphatic carbocycles. The van der Waals surface area contributed by atoms with Crippen LogP contribution in [-0.4, -0.2) is 27.8 Å². The third-order valence-corrected chi connectivity index (χ3v) is 3.37. The van der Waals surface area contributed by atoms with Crippen LogP contribution in [-0.2, 0) is 11.2 Å². The fourth-order valence-corrected chi connectivity index (χ4v) is 2.21. The van der Waals surface area contributed by atoms with Gasteiger partial charge in [-0.1, -0.05) is 18.2 Å². The maximum Gasteiger partial charge on any atom is 0.228 e. The Kier molecular flexibility index (Phi) is 4.33. The smallest absolute Gasteiger partial charge is 0.228 e. The Morgan fingerprint density at radius 1 is 1.13 bits per heavy atom. The summed E-state index contributed by atoms with van der Waals surface area (Å²) in [5, 5.41) is 10.4. The molecule has 0 radical (unpaired) electrons. The second kappa shape index (κ2) is 6.74. The number of nitrogens with one attached hydrogen (secondary N) is 1. The number of carbonyl (C=O) groups is 1. The number of carbonyl (C=O) groups excluding carboxylic acids is 1. The van der Waals surface area contributed by atoms with E-state index >= 15 is 0 Å². The molecular weight excluding hydrogens is 292 g/mol. The lowest BCUT2D eigenvalue weighted by atomic mass is 10.1. The zero-order chi connectivity index (χ0) is 16.1. The van der Waals surface area contributed by atoms with Crippen molar-refractivity contribution in [2.24, 2.45) is 0 Å². The first-order valence-corrected chi connectivity index (χ1v) is 7.12. The minimum absolute atomic E-state index is 0.0731. The number of benzene rings is 2. The molecule has 6 heteroatoms. The minimum Gasteiger partial charge on any atom is -0.497 e. The van der Waals surface area contributed by atoms with Gasteiger partial charge in [0.2, 0.25) is 5.91 Å². The van der Waals surface area contributed by atoms with Gasteiger partial charge >= 0.3 is 0 Å². The topological polar surface area (TPSA) is 69.0 Å². The van der Waals surface area contributed by atoms with Gasteiger partial charge in [0.25, 0.3) is 0 Å². The van der Waals surface area contributed by atoms with Crippen molar-refractivity contribution in [1.29, 1.82) is 0 Å². The number of nitrogens with zero attached hydrogens (tertiary/aromatic N) is 3. The number of hydrogen-bond donors (Lipinski definition) is 1. The Hall–Kier alpha value is -3.15. The molecule has 1 heterocycles. The lowest BCUT2D eigenvalue weighted by molar-refractivity contribution is -0.115.